The Hall–Kier alpha value is -2.66. The fraction of sp³-hybridized carbons (Fsp3) is 0.364. The number of carbonyl (C=O) groups excluding carboxylic acids is 1. The van der Waals surface area contributed by atoms with Crippen LogP contribution in [0.25, 0.3) is 0 Å². The quantitative estimate of drug-likeness (QED) is 0.829. The van der Waals surface area contributed by atoms with Crippen LogP contribution in [0.15, 0.2) is 53.5 Å². The van der Waals surface area contributed by atoms with Crippen molar-refractivity contribution in [3.05, 3.63) is 54.1 Å². The summed E-state index contributed by atoms with van der Waals surface area (Å²) in [7, 11) is 1.64. The molecule has 2 aromatic carbocycles. The summed E-state index contributed by atoms with van der Waals surface area (Å²) in [6.45, 7) is 4.99. The number of methoxy groups -OCH3 is 1. The zero-order valence-electron chi connectivity index (χ0n) is 15.9. The largest absolute Gasteiger partial charge is 0.497 e. The first kappa shape index (κ1) is 17.7. The Morgan fingerprint density at radius 2 is 1.93 bits per heavy atom. The Morgan fingerprint density at radius 1 is 1.15 bits per heavy atom. The molecular formula is C22H25N3O2. The summed E-state index contributed by atoms with van der Waals surface area (Å²) in [4.78, 5) is 22.1. The minimum absolute atomic E-state index is 0.0229. The fourth-order valence-electron chi connectivity index (χ4n) is 3.91. The van der Waals surface area contributed by atoms with Gasteiger partial charge in [0.2, 0.25) is 0 Å². The Morgan fingerprint density at radius 3 is 2.67 bits per heavy atom. The van der Waals surface area contributed by atoms with Crippen LogP contribution in [0.2, 0.25) is 0 Å². The molecule has 0 aromatic heterocycles. The van der Waals surface area contributed by atoms with Gasteiger partial charge < -0.3 is 4.74 Å². The highest BCUT2D eigenvalue weighted by molar-refractivity contribution is 6.54. The number of carbonyl (C=O) groups is 1. The molecule has 140 valence electrons. The predicted molar refractivity (Wildman–Crippen MR) is 108 cm³/mol. The maximum Gasteiger partial charge on any atom is 0.278 e. The summed E-state index contributed by atoms with van der Waals surface area (Å²) in [5, 5.41) is 0. The Labute approximate surface area is 160 Å². The number of likely N-dealkylation sites (tertiary alicyclic amines) is 1. The second-order valence-electron chi connectivity index (χ2n) is 7.37. The van der Waals surface area contributed by atoms with Crippen molar-refractivity contribution in [2.24, 2.45) is 10.9 Å². The molecule has 2 aliphatic rings. The van der Waals surface area contributed by atoms with Gasteiger partial charge in [0.15, 0.2) is 0 Å². The first-order valence-electron chi connectivity index (χ1n) is 9.52. The molecule has 1 atom stereocenters. The Kier molecular flexibility index (Phi) is 4.94. The van der Waals surface area contributed by atoms with Crippen LogP contribution in [0.3, 0.4) is 0 Å². The number of benzene rings is 2. The Balaban J connectivity index is 1.63. The third kappa shape index (κ3) is 3.60. The number of hydrogen-bond donors (Lipinski definition) is 0. The number of fused-ring (bicyclic) bond motifs is 1. The number of aliphatic imine (C=N–C) groups is 1. The molecule has 0 spiro atoms. The van der Waals surface area contributed by atoms with Crippen molar-refractivity contribution in [2.75, 3.05) is 31.8 Å². The molecule has 4 rings (SSSR count). The molecule has 0 unspecified atom stereocenters. The maximum absolute atomic E-state index is 13.2. The van der Waals surface area contributed by atoms with E-state index in [0.29, 0.717) is 18.3 Å². The fourth-order valence-corrected chi connectivity index (χ4v) is 3.91. The van der Waals surface area contributed by atoms with Gasteiger partial charge in [-0.3, -0.25) is 14.6 Å². The molecule has 0 aliphatic carbocycles. The van der Waals surface area contributed by atoms with Crippen LogP contribution in [0.1, 0.15) is 25.3 Å². The molecule has 5 nitrogen and oxygen atoms in total. The molecule has 1 amide bonds. The zero-order valence-corrected chi connectivity index (χ0v) is 15.9. The lowest BCUT2D eigenvalue weighted by atomic mass is 10.0. The summed E-state index contributed by atoms with van der Waals surface area (Å²) < 4.78 is 5.20. The first-order chi connectivity index (χ1) is 13.2. The summed E-state index contributed by atoms with van der Waals surface area (Å²) in [6.07, 6.45) is 2.46. The molecule has 5 heteroatoms. The first-order valence-corrected chi connectivity index (χ1v) is 9.52. The van der Waals surface area contributed by atoms with Crippen molar-refractivity contribution in [3.8, 4) is 5.75 Å². The molecular weight excluding hydrogens is 338 g/mol. The monoisotopic (exact) mass is 363 g/mol. The van der Waals surface area contributed by atoms with Crippen LogP contribution in [-0.4, -0.2) is 43.4 Å². The zero-order chi connectivity index (χ0) is 18.8. The summed E-state index contributed by atoms with van der Waals surface area (Å²) in [6, 6.07) is 15.4. The maximum atomic E-state index is 13.2. The van der Waals surface area contributed by atoms with E-state index in [2.05, 4.69) is 16.8 Å². The SMILES string of the molecule is COc1ccc(N=C2C(=O)N(CN3CCC[C@H](C)C3)c3ccccc32)cc1. The van der Waals surface area contributed by atoms with E-state index in [-0.39, 0.29) is 5.91 Å². The highest BCUT2D eigenvalue weighted by atomic mass is 16.5. The number of anilines is 1. The van der Waals surface area contributed by atoms with Crippen molar-refractivity contribution in [1.82, 2.24) is 4.90 Å². The van der Waals surface area contributed by atoms with Gasteiger partial charge in [0.05, 0.1) is 25.2 Å². The molecule has 2 aromatic rings. The van der Waals surface area contributed by atoms with Crippen LogP contribution in [0.5, 0.6) is 5.75 Å². The number of ether oxygens (including phenoxy) is 1. The average molecular weight is 363 g/mol. The van der Waals surface area contributed by atoms with E-state index < -0.39 is 0 Å². The van der Waals surface area contributed by atoms with Gasteiger partial charge in [-0.15, -0.1) is 0 Å². The summed E-state index contributed by atoms with van der Waals surface area (Å²) in [5.41, 5.74) is 3.12. The average Bonchev–Trinajstić information content (AvgIpc) is 2.95. The predicted octanol–water partition coefficient (Wildman–Crippen LogP) is 3.85. The summed E-state index contributed by atoms with van der Waals surface area (Å²) in [5.74, 6) is 1.43. The molecule has 0 saturated carbocycles. The smallest absolute Gasteiger partial charge is 0.278 e. The number of amides is 1. The highest BCUT2D eigenvalue weighted by Crippen LogP contribution is 2.32. The van der Waals surface area contributed by atoms with Crippen LogP contribution in [-0.2, 0) is 4.79 Å². The lowest BCUT2D eigenvalue weighted by Crippen LogP contribution is -2.45. The molecule has 1 fully saturated rings. The standard InChI is InChI=1S/C22H25N3O2/c1-16-6-5-13-24(14-16)15-25-20-8-4-3-7-19(20)21(22(25)26)23-17-9-11-18(27-2)12-10-17/h3-4,7-12,16H,5-6,13-15H2,1-2H3/t16-/m0/s1. The molecule has 0 radical (unpaired) electrons. The number of piperidine rings is 1. The van der Waals surface area contributed by atoms with E-state index in [1.807, 2.05) is 53.4 Å². The van der Waals surface area contributed by atoms with Crippen molar-refractivity contribution in [1.29, 1.82) is 0 Å². The van der Waals surface area contributed by atoms with Crippen LogP contribution in [0.4, 0.5) is 11.4 Å². The van der Waals surface area contributed by atoms with Gasteiger partial charge in [-0.25, -0.2) is 4.99 Å². The topological polar surface area (TPSA) is 45.1 Å². The van der Waals surface area contributed by atoms with Gasteiger partial charge in [-0.05, 0) is 55.6 Å². The second-order valence-corrected chi connectivity index (χ2v) is 7.37. The molecule has 27 heavy (non-hydrogen) atoms. The van der Waals surface area contributed by atoms with E-state index in [9.17, 15) is 4.79 Å². The van der Waals surface area contributed by atoms with Crippen molar-refractivity contribution in [2.45, 2.75) is 19.8 Å². The summed E-state index contributed by atoms with van der Waals surface area (Å²) >= 11 is 0. The number of nitrogens with zero attached hydrogens (tertiary/aromatic N) is 3. The van der Waals surface area contributed by atoms with E-state index in [0.717, 1.165) is 35.8 Å². The normalized spacial score (nSPS) is 21.6. The van der Waals surface area contributed by atoms with E-state index in [1.165, 1.54) is 12.8 Å². The minimum atomic E-state index is -0.0229. The van der Waals surface area contributed by atoms with E-state index in [4.69, 9.17) is 4.74 Å². The lowest BCUT2D eigenvalue weighted by molar-refractivity contribution is -0.112. The van der Waals surface area contributed by atoms with Gasteiger partial charge in [0, 0.05) is 12.1 Å². The number of rotatable bonds is 4. The van der Waals surface area contributed by atoms with Gasteiger partial charge in [-0.2, -0.15) is 0 Å². The highest BCUT2D eigenvalue weighted by Gasteiger charge is 2.35. The van der Waals surface area contributed by atoms with E-state index in [1.54, 1.807) is 7.11 Å². The van der Waals surface area contributed by atoms with Crippen molar-refractivity contribution < 1.29 is 9.53 Å². The molecule has 0 bridgehead atoms. The van der Waals surface area contributed by atoms with Crippen LogP contribution >= 0.6 is 0 Å². The van der Waals surface area contributed by atoms with Gasteiger partial charge in [0.1, 0.15) is 11.5 Å². The van der Waals surface area contributed by atoms with Crippen LogP contribution < -0.4 is 9.64 Å². The van der Waals surface area contributed by atoms with E-state index >= 15 is 0 Å². The molecule has 2 heterocycles. The Bertz CT molecular complexity index is 860. The van der Waals surface area contributed by atoms with Crippen LogP contribution in [0, 0.1) is 5.92 Å². The van der Waals surface area contributed by atoms with Gasteiger partial charge in [-0.1, -0.05) is 25.1 Å². The molecule has 0 N–H and O–H groups in total. The number of hydrogen-bond acceptors (Lipinski definition) is 4. The lowest BCUT2D eigenvalue weighted by Gasteiger charge is -2.33. The molecule has 2 aliphatic heterocycles. The van der Waals surface area contributed by atoms with Gasteiger partial charge in [0.25, 0.3) is 5.91 Å². The third-order valence-electron chi connectivity index (χ3n) is 5.29. The third-order valence-corrected chi connectivity index (χ3v) is 5.29. The second kappa shape index (κ2) is 7.53. The minimum Gasteiger partial charge on any atom is -0.497 e. The number of para-hydroxylation sites is 1. The van der Waals surface area contributed by atoms with Crippen molar-refractivity contribution in [3.63, 3.8) is 0 Å². The van der Waals surface area contributed by atoms with Gasteiger partial charge >= 0.3 is 0 Å². The van der Waals surface area contributed by atoms with Crippen molar-refractivity contribution >= 4 is 23.0 Å². The molecule has 1 saturated heterocycles.